The summed E-state index contributed by atoms with van der Waals surface area (Å²) < 4.78 is 25.8. The van der Waals surface area contributed by atoms with Gasteiger partial charge >= 0.3 is 11.7 Å². The molecule has 0 heterocycles. The van der Waals surface area contributed by atoms with E-state index in [1.54, 1.807) is 6.92 Å². The van der Waals surface area contributed by atoms with Gasteiger partial charge in [0.15, 0.2) is 0 Å². The number of rotatable bonds is 5. The van der Waals surface area contributed by atoms with Crippen LogP contribution in [0.5, 0.6) is 5.75 Å². The topological polar surface area (TPSA) is 110 Å². The van der Waals surface area contributed by atoms with Crippen molar-refractivity contribution in [3.8, 4) is 5.75 Å². The Labute approximate surface area is 105 Å². The molecule has 1 rings (SSSR count). The van der Waals surface area contributed by atoms with E-state index in [9.17, 15) is 23.7 Å². The molecular weight excluding hydrogens is 262 g/mol. The van der Waals surface area contributed by atoms with Crippen molar-refractivity contribution in [1.29, 1.82) is 0 Å². The molecule has 1 aromatic carbocycles. The van der Waals surface area contributed by atoms with Crippen LogP contribution in [0.15, 0.2) is 18.2 Å². The first kappa shape index (κ1) is 14.3. The Balaban J connectivity index is 3.08. The summed E-state index contributed by atoms with van der Waals surface area (Å²) in [5, 5.41) is 10.8. The zero-order valence-electron chi connectivity index (χ0n) is 9.45. The van der Waals surface area contributed by atoms with Crippen LogP contribution < -0.4 is 4.74 Å². The molecule has 8 heteroatoms. The third kappa shape index (κ3) is 3.90. The number of ether oxygens (including phenoxy) is 1. The van der Waals surface area contributed by atoms with Gasteiger partial charge in [-0.25, -0.2) is 0 Å². The fourth-order valence-electron chi connectivity index (χ4n) is 1.21. The van der Waals surface area contributed by atoms with Gasteiger partial charge in [0, 0.05) is 18.2 Å². The highest BCUT2D eigenvalue weighted by atomic mass is 32.2. The number of hydrogen-bond donors (Lipinski definition) is 0. The molecular formula is C10H10NO6S-. The number of nitro groups is 1. The van der Waals surface area contributed by atoms with Crippen LogP contribution in [0.1, 0.15) is 18.9 Å². The van der Waals surface area contributed by atoms with Crippen LogP contribution in [0.3, 0.4) is 0 Å². The predicted molar refractivity (Wildman–Crippen MR) is 61.6 cm³/mol. The molecule has 0 aliphatic carbocycles. The standard InChI is InChI=1S/C10H11NO6S/c1-2-10(12)17-9-4-3-7(6-18(15)16)5-8(9)11(13)14/h3-5H,2,6H2,1H3,(H,15,16)/p-1. The van der Waals surface area contributed by atoms with Crippen LogP contribution in [0, 0.1) is 10.1 Å². The fraction of sp³-hybridized carbons (Fsp3) is 0.300. The van der Waals surface area contributed by atoms with Gasteiger partial charge in [-0.15, -0.1) is 0 Å². The SMILES string of the molecule is CCC(=O)Oc1ccc(CS(=O)[O-])cc1[N+](=O)[O-]. The Kier molecular flexibility index (Phi) is 4.93. The van der Waals surface area contributed by atoms with Gasteiger partial charge < -0.3 is 9.29 Å². The lowest BCUT2D eigenvalue weighted by Crippen LogP contribution is -2.07. The van der Waals surface area contributed by atoms with Crippen molar-refractivity contribution < 1.29 is 23.2 Å². The van der Waals surface area contributed by atoms with Crippen molar-refractivity contribution in [1.82, 2.24) is 0 Å². The first-order chi connectivity index (χ1) is 8.43. The van der Waals surface area contributed by atoms with Crippen molar-refractivity contribution in [3.05, 3.63) is 33.9 Å². The maximum absolute atomic E-state index is 11.1. The molecule has 0 spiro atoms. The van der Waals surface area contributed by atoms with Crippen LogP contribution in [-0.4, -0.2) is 19.7 Å². The predicted octanol–water partition coefficient (Wildman–Crippen LogP) is 1.29. The molecule has 0 fully saturated rings. The van der Waals surface area contributed by atoms with Crippen LogP contribution in [0.25, 0.3) is 0 Å². The summed E-state index contributed by atoms with van der Waals surface area (Å²) in [6.07, 6.45) is 0.0868. The molecule has 0 radical (unpaired) electrons. The van der Waals surface area contributed by atoms with Gasteiger partial charge in [-0.3, -0.25) is 19.1 Å². The highest BCUT2D eigenvalue weighted by molar-refractivity contribution is 7.78. The summed E-state index contributed by atoms with van der Waals surface area (Å²) in [5.41, 5.74) is -0.175. The van der Waals surface area contributed by atoms with E-state index >= 15 is 0 Å². The number of nitro benzene ring substituents is 1. The van der Waals surface area contributed by atoms with Crippen molar-refractivity contribution in [3.63, 3.8) is 0 Å². The van der Waals surface area contributed by atoms with Crippen LogP contribution >= 0.6 is 0 Å². The average Bonchev–Trinajstić information content (AvgIpc) is 2.29. The molecule has 0 aliphatic heterocycles. The number of carbonyl (C=O) groups is 1. The number of hydrogen-bond acceptors (Lipinski definition) is 6. The van der Waals surface area contributed by atoms with Crippen LogP contribution in [0.4, 0.5) is 5.69 Å². The largest absolute Gasteiger partial charge is 0.772 e. The average molecular weight is 272 g/mol. The summed E-state index contributed by atoms with van der Waals surface area (Å²) in [6, 6.07) is 3.66. The summed E-state index contributed by atoms with van der Waals surface area (Å²) in [4.78, 5) is 21.1. The number of esters is 1. The first-order valence-corrected chi connectivity index (χ1v) is 6.22. The van der Waals surface area contributed by atoms with E-state index in [-0.39, 0.29) is 23.5 Å². The molecule has 0 bridgehead atoms. The van der Waals surface area contributed by atoms with E-state index in [1.165, 1.54) is 12.1 Å². The second-order valence-corrected chi connectivity index (χ2v) is 4.23. The fourth-order valence-corrected chi connectivity index (χ4v) is 1.66. The Morgan fingerprint density at radius 3 is 2.67 bits per heavy atom. The Bertz CT molecular complexity index is 501. The first-order valence-electron chi connectivity index (χ1n) is 4.98. The van der Waals surface area contributed by atoms with Crippen molar-refractivity contribution in [2.24, 2.45) is 0 Å². The maximum atomic E-state index is 11.1. The molecule has 0 aromatic heterocycles. The Morgan fingerprint density at radius 1 is 1.50 bits per heavy atom. The van der Waals surface area contributed by atoms with Crippen molar-refractivity contribution >= 4 is 22.7 Å². The second kappa shape index (κ2) is 6.22. The van der Waals surface area contributed by atoms with E-state index in [2.05, 4.69) is 0 Å². The summed E-state index contributed by atoms with van der Waals surface area (Å²) >= 11 is -2.34. The summed E-state index contributed by atoms with van der Waals surface area (Å²) in [7, 11) is 0. The van der Waals surface area contributed by atoms with Gasteiger partial charge in [0.2, 0.25) is 5.75 Å². The summed E-state index contributed by atoms with van der Waals surface area (Å²) in [6.45, 7) is 1.56. The van der Waals surface area contributed by atoms with Gasteiger partial charge in [-0.05, 0) is 11.6 Å². The summed E-state index contributed by atoms with van der Waals surface area (Å²) in [5.74, 6) is -1.12. The number of carbonyl (C=O) groups excluding carboxylic acids is 1. The minimum atomic E-state index is -2.34. The monoisotopic (exact) mass is 272 g/mol. The number of nitrogens with zero attached hydrogens (tertiary/aromatic N) is 1. The molecule has 0 saturated carbocycles. The van der Waals surface area contributed by atoms with Gasteiger partial charge in [-0.2, -0.15) is 0 Å². The molecule has 1 atom stereocenters. The molecule has 98 valence electrons. The van der Waals surface area contributed by atoms with E-state index in [1.807, 2.05) is 0 Å². The molecule has 1 unspecified atom stereocenters. The molecule has 1 aromatic rings. The van der Waals surface area contributed by atoms with Crippen molar-refractivity contribution in [2.45, 2.75) is 19.1 Å². The maximum Gasteiger partial charge on any atom is 0.311 e. The van der Waals surface area contributed by atoms with Gasteiger partial charge in [0.1, 0.15) is 0 Å². The molecule has 0 saturated heterocycles. The molecule has 0 N–H and O–H groups in total. The lowest BCUT2D eigenvalue weighted by molar-refractivity contribution is -0.385. The number of benzene rings is 1. The zero-order valence-corrected chi connectivity index (χ0v) is 10.3. The van der Waals surface area contributed by atoms with Crippen molar-refractivity contribution in [2.75, 3.05) is 0 Å². The quantitative estimate of drug-likeness (QED) is 0.262. The van der Waals surface area contributed by atoms with E-state index < -0.39 is 27.7 Å². The highest BCUT2D eigenvalue weighted by Crippen LogP contribution is 2.28. The molecule has 0 aliphatic rings. The van der Waals surface area contributed by atoms with E-state index in [4.69, 9.17) is 4.74 Å². The molecule has 7 nitrogen and oxygen atoms in total. The van der Waals surface area contributed by atoms with Crippen LogP contribution in [-0.2, 0) is 21.6 Å². The molecule has 0 amide bonds. The Hall–Kier alpha value is -1.80. The van der Waals surface area contributed by atoms with Crippen LogP contribution in [0.2, 0.25) is 0 Å². The normalized spacial score (nSPS) is 11.9. The van der Waals surface area contributed by atoms with E-state index in [0.717, 1.165) is 6.07 Å². The third-order valence-corrected chi connectivity index (χ3v) is 2.59. The van der Waals surface area contributed by atoms with Gasteiger partial charge in [-0.1, -0.05) is 24.1 Å². The minimum absolute atomic E-state index is 0.0868. The van der Waals surface area contributed by atoms with Gasteiger partial charge in [0.25, 0.3) is 0 Å². The third-order valence-electron chi connectivity index (χ3n) is 2.02. The van der Waals surface area contributed by atoms with Gasteiger partial charge in [0.05, 0.1) is 4.92 Å². The lowest BCUT2D eigenvalue weighted by atomic mass is 10.2. The molecule has 18 heavy (non-hydrogen) atoms. The second-order valence-electron chi connectivity index (χ2n) is 3.33. The zero-order chi connectivity index (χ0) is 13.7. The smallest absolute Gasteiger partial charge is 0.311 e. The van der Waals surface area contributed by atoms with E-state index in [0.29, 0.717) is 0 Å². The minimum Gasteiger partial charge on any atom is -0.772 e. The highest BCUT2D eigenvalue weighted by Gasteiger charge is 2.18. The lowest BCUT2D eigenvalue weighted by Gasteiger charge is -2.07. The Morgan fingerprint density at radius 2 is 2.17 bits per heavy atom.